The summed E-state index contributed by atoms with van der Waals surface area (Å²) in [6.07, 6.45) is 5.77. The van der Waals surface area contributed by atoms with Crippen LogP contribution in [0.5, 0.6) is 11.5 Å². The van der Waals surface area contributed by atoms with E-state index in [1.54, 1.807) is 32.9 Å². The molecule has 0 radical (unpaired) electrons. The first-order chi connectivity index (χ1) is 22.3. The van der Waals surface area contributed by atoms with Crippen LogP contribution >= 0.6 is 11.6 Å². The van der Waals surface area contributed by atoms with E-state index >= 15 is 0 Å². The van der Waals surface area contributed by atoms with E-state index in [1.165, 1.54) is 42.6 Å². The third-order valence-corrected chi connectivity index (χ3v) is 8.74. The Balaban J connectivity index is 1.29. The molecule has 9 nitrogen and oxygen atoms in total. The molecule has 10 heteroatoms. The van der Waals surface area contributed by atoms with Crippen molar-refractivity contribution in [2.75, 3.05) is 50.1 Å². The van der Waals surface area contributed by atoms with Crippen LogP contribution in [0.1, 0.15) is 69.8 Å². The molecule has 0 saturated carbocycles. The number of hydrogen-bond acceptors (Lipinski definition) is 8. The summed E-state index contributed by atoms with van der Waals surface area (Å²) >= 11 is 6.20. The van der Waals surface area contributed by atoms with Crippen molar-refractivity contribution >= 4 is 40.6 Å². The van der Waals surface area contributed by atoms with Crippen LogP contribution < -0.4 is 15.0 Å². The van der Waals surface area contributed by atoms with E-state index in [-0.39, 0.29) is 5.41 Å². The summed E-state index contributed by atoms with van der Waals surface area (Å²) in [4.78, 5) is 34.0. The number of carbonyl (C=O) groups excluding carboxylic acids is 2. The monoisotopic (exact) mass is 660 g/mol. The van der Waals surface area contributed by atoms with Crippen molar-refractivity contribution < 1.29 is 23.8 Å². The van der Waals surface area contributed by atoms with Gasteiger partial charge in [-0.15, -0.1) is 0 Å². The topological polar surface area (TPSA) is 93.2 Å². The van der Waals surface area contributed by atoms with Crippen LogP contribution in [-0.4, -0.2) is 67.4 Å². The minimum absolute atomic E-state index is 0.277. The lowest BCUT2D eigenvalue weighted by atomic mass is 9.72. The Morgan fingerprint density at radius 2 is 1.72 bits per heavy atom. The molecule has 0 spiro atoms. The SMILES string of the molecule is COC(=O)c1ccc(N2CCN(CC3=C(c4ccc(Cl)cc4)CC(C)(C)CC3)CC2)cc1Oc1cncc(NC(=O)OC(C)(C)C)c1. The van der Waals surface area contributed by atoms with Gasteiger partial charge in [-0.2, -0.15) is 0 Å². The maximum Gasteiger partial charge on any atom is 0.412 e. The quantitative estimate of drug-likeness (QED) is 0.241. The fourth-order valence-corrected chi connectivity index (χ4v) is 6.19. The summed E-state index contributed by atoms with van der Waals surface area (Å²) in [6, 6.07) is 15.4. The van der Waals surface area contributed by atoms with Gasteiger partial charge in [-0.1, -0.05) is 43.2 Å². The lowest BCUT2D eigenvalue weighted by molar-refractivity contribution is 0.0595. The molecule has 1 N–H and O–H groups in total. The molecule has 47 heavy (non-hydrogen) atoms. The molecule has 3 aromatic rings. The number of pyridine rings is 1. The normalized spacial score (nSPS) is 16.9. The first-order valence-corrected chi connectivity index (χ1v) is 16.5. The smallest absolute Gasteiger partial charge is 0.412 e. The van der Waals surface area contributed by atoms with Crippen LogP contribution in [-0.2, 0) is 9.47 Å². The predicted molar refractivity (Wildman–Crippen MR) is 187 cm³/mol. The number of carbonyl (C=O) groups is 2. The van der Waals surface area contributed by atoms with Gasteiger partial charge in [0.25, 0.3) is 0 Å². The van der Waals surface area contributed by atoms with E-state index in [4.69, 9.17) is 25.8 Å². The third kappa shape index (κ3) is 9.26. The van der Waals surface area contributed by atoms with Gasteiger partial charge in [-0.25, -0.2) is 9.59 Å². The molecule has 250 valence electrons. The van der Waals surface area contributed by atoms with Crippen LogP contribution in [0, 0.1) is 5.41 Å². The number of amides is 1. The second-order valence-electron chi connectivity index (χ2n) is 14.0. The molecule has 2 aliphatic rings. The van der Waals surface area contributed by atoms with Crippen LogP contribution in [0.4, 0.5) is 16.2 Å². The van der Waals surface area contributed by atoms with Crippen molar-refractivity contribution in [1.29, 1.82) is 0 Å². The van der Waals surface area contributed by atoms with Gasteiger partial charge in [0, 0.05) is 55.6 Å². The molecular formula is C37H45ClN4O5. The fraction of sp³-hybridized carbons (Fsp3) is 0.432. The number of nitrogens with zero attached hydrogens (tertiary/aromatic N) is 3. The zero-order valence-corrected chi connectivity index (χ0v) is 28.9. The Morgan fingerprint density at radius 3 is 2.40 bits per heavy atom. The van der Waals surface area contributed by atoms with Crippen molar-refractivity contribution in [2.45, 2.75) is 59.5 Å². The van der Waals surface area contributed by atoms with Gasteiger partial charge in [-0.3, -0.25) is 15.2 Å². The van der Waals surface area contributed by atoms with Crippen molar-refractivity contribution in [1.82, 2.24) is 9.88 Å². The summed E-state index contributed by atoms with van der Waals surface area (Å²) in [7, 11) is 1.34. The van der Waals surface area contributed by atoms with Crippen LogP contribution in [0.3, 0.4) is 0 Å². The van der Waals surface area contributed by atoms with E-state index < -0.39 is 17.7 Å². The van der Waals surface area contributed by atoms with Gasteiger partial charge >= 0.3 is 12.1 Å². The maximum atomic E-state index is 12.7. The molecule has 1 amide bonds. The lowest BCUT2D eigenvalue weighted by Gasteiger charge is -2.39. The number of anilines is 2. The highest BCUT2D eigenvalue weighted by molar-refractivity contribution is 6.30. The Labute approximate surface area is 282 Å². The summed E-state index contributed by atoms with van der Waals surface area (Å²) in [5, 5.41) is 3.43. The average Bonchev–Trinajstić information content (AvgIpc) is 3.01. The number of aromatic nitrogens is 1. The summed E-state index contributed by atoms with van der Waals surface area (Å²) < 4.78 is 16.5. The number of methoxy groups -OCH3 is 1. The summed E-state index contributed by atoms with van der Waals surface area (Å²) in [6.45, 7) is 14.5. The minimum atomic E-state index is -0.641. The number of benzene rings is 2. The lowest BCUT2D eigenvalue weighted by Crippen LogP contribution is -2.47. The second kappa shape index (κ2) is 14.4. The van der Waals surface area contributed by atoms with E-state index in [2.05, 4.69) is 46.1 Å². The highest BCUT2D eigenvalue weighted by Gasteiger charge is 2.29. The first kappa shape index (κ1) is 34.3. The number of esters is 1. The number of halogens is 1. The molecule has 0 bridgehead atoms. The first-order valence-electron chi connectivity index (χ1n) is 16.1. The van der Waals surface area contributed by atoms with E-state index in [9.17, 15) is 9.59 Å². The average molecular weight is 661 g/mol. The molecule has 1 aliphatic heterocycles. The minimum Gasteiger partial charge on any atom is -0.465 e. The number of hydrogen-bond donors (Lipinski definition) is 1. The zero-order valence-electron chi connectivity index (χ0n) is 28.2. The molecule has 5 rings (SSSR count). The van der Waals surface area contributed by atoms with Gasteiger partial charge in [-0.05, 0) is 80.9 Å². The molecule has 1 aromatic heterocycles. The van der Waals surface area contributed by atoms with Gasteiger partial charge in [0.1, 0.15) is 22.7 Å². The maximum absolute atomic E-state index is 12.7. The Kier molecular flexibility index (Phi) is 10.5. The van der Waals surface area contributed by atoms with Gasteiger partial charge < -0.3 is 19.1 Å². The Hall–Kier alpha value is -4.08. The molecule has 0 atom stereocenters. The summed E-state index contributed by atoms with van der Waals surface area (Å²) in [5.74, 6) is 0.189. The Bertz CT molecular complexity index is 1620. The van der Waals surface area contributed by atoms with Gasteiger partial charge in [0.15, 0.2) is 0 Å². The van der Waals surface area contributed by atoms with Gasteiger partial charge in [0.05, 0.1) is 25.2 Å². The second-order valence-corrected chi connectivity index (χ2v) is 14.4. The number of piperazine rings is 1. The summed E-state index contributed by atoms with van der Waals surface area (Å²) in [5.41, 5.74) is 5.54. The molecule has 1 aliphatic carbocycles. The van der Waals surface area contributed by atoms with E-state index in [0.29, 0.717) is 22.7 Å². The number of rotatable bonds is 8. The predicted octanol–water partition coefficient (Wildman–Crippen LogP) is 8.45. The largest absolute Gasteiger partial charge is 0.465 e. The Morgan fingerprint density at radius 1 is 1.00 bits per heavy atom. The fourth-order valence-electron chi connectivity index (χ4n) is 6.06. The molecular weight excluding hydrogens is 616 g/mol. The molecule has 2 aromatic carbocycles. The number of ether oxygens (including phenoxy) is 3. The zero-order chi connectivity index (χ0) is 33.8. The van der Waals surface area contributed by atoms with E-state index in [0.717, 1.165) is 56.3 Å². The van der Waals surface area contributed by atoms with Crippen molar-refractivity contribution in [3.63, 3.8) is 0 Å². The highest BCUT2D eigenvalue weighted by Crippen LogP contribution is 2.43. The van der Waals surface area contributed by atoms with Crippen LogP contribution in [0.15, 0.2) is 66.5 Å². The van der Waals surface area contributed by atoms with Gasteiger partial charge in [0.2, 0.25) is 0 Å². The van der Waals surface area contributed by atoms with E-state index in [1.807, 2.05) is 24.3 Å². The standard InChI is InChI=1S/C37H45ClN4O5/c1-36(2,3)47-35(44)40-28-19-30(23-39-22-28)46-33-20-29(11-12-31(33)34(43)45-6)42-17-15-41(16-18-42)24-26-13-14-37(4,5)21-32(26)25-7-9-27(38)10-8-25/h7-12,19-20,22-23H,13-18,21,24H2,1-6H3,(H,40,44). The van der Waals surface area contributed by atoms with Crippen molar-refractivity contribution in [2.24, 2.45) is 5.41 Å². The van der Waals surface area contributed by atoms with Crippen LogP contribution in [0.2, 0.25) is 5.02 Å². The van der Waals surface area contributed by atoms with Crippen molar-refractivity contribution in [3.8, 4) is 11.5 Å². The molecule has 1 saturated heterocycles. The molecule has 0 unspecified atom stereocenters. The molecule has 1 fully saturated rings. The number of allylic oxidation sites excluding steroid dienone is 1. The van der Waals surface area contributed by atoms with Crippen molar-refractivity contribution in [3.05, 3.63) is 82.6 Å². The van der Waals surface area contributed by atoms with Crippen LogP contribution in [0.25, 0.3) is 5.57 Å². The number of nitrogens with one attached hydrogen (secondary N) is 1. The highest BCUT2D eigenvalue weighted by atomic mass is 35.5. The molecule has 2 heterocycles. The third-order valence-electron chi connectivity index (χ3n) is 8.49.